The SMILES string of the molecule is Nc1ccc(F)c(C(=O)OCc2csc3ccccc23)c1. The Morgan fingerprint density at radius 1 is 1.24 bits per heavy atom. The van der Waals surface area contributed by atoms with Crippen LogP contribution in [0.5, 0.6) is 0 Å². The van der Waals surface area contributed by atoms with Crippen molar-refractivity contribution in [1.29, 1.82) is 0 Å². The number of carbonyl (C=O) groups excluding carboxylic acids is 1. The van der Waals surface area contributed by atoms with E-state index in [9.17, 15) is 9.18 Å². The van der Waals surface area contributed by atoms with Crippen LogP contribution in [0.4, 0.5) is 10.1 Å². The Labute approximate surface area is 124 Å². The summed E-state index contributed by atoms with van der Waals surface area (Å²) in [6.45, 7) is 0.108. The number of fused-ring (bicyclic) bond motifs is 1. The van der Waals surface area contributed by atoms with E-state index in [0.29, 0.717) is 5.69 Å². The summed E-state index contributed by atoms with van der Waals surface area (Å²) >= 11 is 1.58. The van der Waals surface area contributed by atoms with Crippen LogP contribution in [0.3, 0.4) is 0 Å². The van der Waals surface area contributed by atoms with Gasteiger partial charge in [-0.1, -0.05) is 18.2 Å². The zero-order valence-corrected chi connectivity index (χ0v) is 11.8. The number of halogens is 1. The molecule has 3 aromatic rings. The van der Waals surface area contributed by atoms with Crippen LogP contribution in [0.2, 0.25) is 0 Å². The molecule has 2 aromatic carbocycles. The van der Waals surface area contributed by atoms with Crippen molar-refractivity contribution >= 4 is 33.1 Å². The molecular weight excluding hydrogens is 289 g/mol. The number of rotatable bonds is 3. The first-order valence-corrected chi connectivity index (χ1v) is 7.20. The molecule has 0 saturated heterocycles. The standard InChI is InChI=1S/C16H12FNO2S/c17-14-6-5-11(18)7-13(14)16(19)20-8-10-9-21-15-4-2-1-3-12(10)15/h1-7,9H,8,18H2. The number of carbonyl (C=O) groups is 1. The predicted octanol–water partition coefficient (Wildman–Crippen LogP) is 3.98. The van der Waals surface area contributed by atoms with Crippen molar-refractivity contribution in [2.75, 3.05) is 5.73 Å². The first-order chi connectivity index (χ1) is 10.1. The van der Waals surface area contributed by atoms with Gasteiger partial charge in [-0.25, -0.2) is 9.18 Å². The molecule has 0 bridgehead atoms. The Morgan fingerprint density at radius 3 is 2.90 bits per heavy atom. The molecule has 0 fully saturated rings. The van der Waals surface area contributed by atoms with Gasteiger partial charge in [-0.15, -0.1) is 11.3 Å². The summed E-state index contributed by atoms with van der Waals surface area (Å²) in [4.78, 5) is 11.9. The van der Waals surface area contributed by atoms with E-state index in [0.717, 1.165) is 21.7 Å². The molecule has 1 heterocycles. The monoisotopic (exact) mass is 301 g/mol. The number of benzene rings is 2. The molecule has 0 spiro atoms. The minimum absolute atomic E-state index is 0.108. The van der Waals surface area contributed by atoms with Crippen LogP contribution < -0.4 is 5.73 Å². The van der Waals surface area contributed by atoms with Crippen molar-refractivity contribution < 1.29 is 13.9 Å². The van der Waals surface area contributed by atoms with Gasteiger partial charge in [0.05, 0.1) is 5.56 Å². The van der Waals surface area contributed by atoms with E-state index in [-0.39, 0.29) is 12.2 Å². The third kappa shape index (κ3) is 2.73. The van der Waals surface area contributed by atoms with Gasteiger partial charge in [0.2, 0.25) is 0 Å². The van der Waals surface area contributed by atoms with Crippen molar-refractivity contribution in [2.45, 2.75) is 6.61 Å². The van der Waals surface area contributed by atoms with Gasteiger partial charge in [0, 0.05) is 16.0 Å². The third-order valence-electron chi connectivity index (χ3n) is 3.13. The quantitative estimate of drug-likeness (QED) is 0.588. The number of ether oxygens (including phenoxy) is 1. The summed E-state index contributed by atoms with van der Waals surface area (Å²) < 4.78 is 19.9. The molecule has 5 heteroatoms. The molecule has 0 aliphatic carbocycles. The summed E-state index contributed by atoms with van der Waals surface area (Å²) in [5.41, 5.74) is 6.65. The van der Waals surface area contributed by atoms with Crippen LogP contribution in [0.25, 0.3) is 10.1 Å². The highest BCUT2D eigenvalue weighted by molar-refractivity contribution is 7.17. The number of nitrogen functional groups attached to an aromatic ring is 1. The lowest BCUT2D eigenvalue weighted by atomic mass is 10.2. The lowest BCUT2D eigenvalue weighted by Crippen LogP contribution is -2.08. The van der Waals surface area contributed by atoms with E-state index in [1.54, 1.807) is 11.3 Å². The minimum atomic E-state index is -0.713. The van der Waals surface area contributed by atoms with Crippen LogP contribution in [0.15, 0.2) is 47.8 Å². The van der Waals surface area contributed by atoms with Gasteiger partial charge < -0.3 is 10.5 Å². The fraction of sp³-hybridized carbons (Fsp3) is 0.0625. The van der Waals surface area contributed by atoms with Crippen molar-refractivity contribution in [3.63, 3.8) is 0 Å². The van der Waals surface area contributed by atoms with Gasteiger partial charge in [0.1, 0.15) is 12.4 Å². The van der Waals surface area contributed by atoms with E-state index in [2.05, 4.69) is 0 Å². The second kappa shape index (κ2) is 5.54. The van der Waals surface area contributed by atoms with E-state index in [4.69, 9.17) is 10.5 Å². The van der Waals surface area contributed by atoms with Crippen molar-refractivity contribution in [2.24, 2.45) is 0 Å². The summed E-state index contributed by atoms with van der Waals surface area (Å²) in [5, 5.41) is 2.98. The maximum atomic E-state index is 13.6. The van der Waals surface area contributed by atoms with Crippen LogP contribution in [-0.4, -0.2) is 5.97 Å². The molecule has 21 heavy (non-hydrogen) atoms. The maximum Gasteiger partial charge on any atom is 0.341 e. The van der Waals surface area contributed by atoms with Crippen LogP contribution >= 0.6 is 11.3 Å². The Morgan fingerprint density at radius 2 is 2.05 bits per heavy atom. The van der Waals surface area contributed by atoms with Gasteiger partial charge in [-0.2, -0.15) is 0 Å². The minimum Gasteiger partial charge on any atom is -0.457 e. The third-order valence-corrected chi connectivity index (χ3v) is 4.14. The van der Waals surface area contributed by atoms with Crippen LogP contribution in [-0.2, 0) is 11.3 Å². The number of hydrogen-bond acceptors (Lipinski definition) is 4. The molecule has 2 N–H and O–H groups in total. The molecule has 0 aliphatic heterocycles. The smallest absolute Gasteiger partial charge is 0.341 e. The molecule has 3 nitrogen and oxygen atoms in total. The Hall–Kier alpha value is -2.40. The Kier molecular flexibility index (Phi) is 3.58. The molecule has 3 rings (SSSR count). The van der Waals surface area contributed by atoms with Gasteiger partial charge >= 0.3 is 5.97 Å². The second-order valence-electron chi connectivity index (χ2n) is 4.57. The highest BCUT2D eigenvalue weighted by atomic mass is 32.1. The lowest BCUT2D eigenvalue weighted by Gasteiger charge is -2.06. The fourth-order valence-electron chi connectivity index (χ4n) is 2.06. The molecule has 0 radical (unpaired) electrons. The van der Waals surface area contributed by atoms with Gasteiger partial charge in [-0.05, 0) is 35.0 Å². The number of hydrogen-bond donors (Lipinski definition) is 1. The van der Waals surface area contributed by atoms with E-state index < -0.39 is 11.8 Å². The molecule has 106 valence electrons. The number of thiophene rings is 1. The average molecular weight is 301 g/mol. The normalized spacial score (nSPS) is 10.7. The number of anilines is 1. The second-order valence-corrected chi connectivity index (χ2v) is 5.48. The Balaban J connectivity index is 1.78. The van der Waals surface area contributed by atoms with Gasteiger partial charge in [0.25, 0.3) is 0 Å². The highest BCUT2D eigenvalue weighted by Gasteiger charge is 2.14. The summed E-state index contributed by atoms with van der Waals surface area (Å²) in [6, 6.07) is 11.7. The molecule has 1 aromatic heterocycles. The van der Waals surface area contributed by atoms with Crippen molar-refractivity contribution in [3.05, 3.63) is 64.8 Å². The van der Waals surface area contributed by atoms with Crippen molar-refractivity contribution in [1.82, 2.24) is 0 Å². The summed E-state index contributed by atoms with van der Waals surface area (Å²) in [5.74, 6) is -1.35. The zero-order valence-electron chi connectivity index (χ0n) is 11.0. The van der Waals surface area contributed by atoms with Crippen molar-refractivity contribution in [3.8, 4) is 0 Å². The van der Waals surface area contributed by atoms with Crippen LogP contribution in [0.1, 0.15) is 15.9 Å². The zero-order chi connectivity index (χ0) is 14.8. The maximum absolute atomic E-state index is 13.6. The van der Waals surface area contributed by atoms with E-state index >= 15 is 0 Å². The fourth-order valence-corrected chi connectivity index (χ4v) is 3.01. The first-order valence-electron chi connectivity index (χ1n) is 6.32. The van der Waals surface area contributed by atoms with Crippen LogP contribution in [0, 0.1) is 5.82 Å². The van der Waals surface area contributed by atoms with Gasteiger partial charge in [-0.3, -0.25) is 0 Å². The number of nitrogens with two attached hydrogens (primary N) is 1. The molecule has 0 amide bonds. The molecule has 0 unspecified atom stereocenters. The molecule has 0 saturated carbocycles. The highest BCUT2D eigenvalue weighted by Crippen LogP contribution is 2.26. The lowest BCUT2D eigenvalue weighted by molar-refractivity contribution is 0.0469. The number of esters is 1. The summed E-state index contributed by atoms with van der Waals surface area (Å²) in [7, 11) is 0. The first kappa shape index (κ1) is 13.6. The molecule has 0 aliphatic rings. The van der Waals surface area contributed by atoms with E-state index in [1.165, 1.54) is 12.1 Å². The molecular formula is C16H12FNO2S. The summed E-state index contributed by atoms with van der Waals surface area (Å²) in [6.07, 6.45) is 0. The van der Waals surface area contributed by atoms with Gasteiger partial charge in [0.15, 0.2) is 0 Å². The topological polar surface area (TPSA) is 52.3 Å². The predicted molar refractivity (Wildman–Crippen MR) is 81.8 cm³/mol. The average Bonchev–Trinajstić information content (AvgIpc) is 2.90. The largest absolute Gasteiger partial charge is 0.457 e. The Bertz CT molecular complexity index is 813. The molecule has 0 atom stereocenters. The van der Waals surface area contributed by atoms with E-state index in [1.807, 2.05) is 29.6 Å².